The largest absolute Gasteiger partial charge is 0.481 e. The van der Waals surface area contributed by atoms with Gasteiger partial charge in [0.15, 0.2) is 6.10 Å². The van der Waals surface area contributed by atoms with Crippen LogP contribution in [0, 0.1) is 6.92 Å². The minimum atomic E-state index is -0.947. The maximum atomic E-state index is 12.0. The molecule has 0 fully saturated rings. The highest BCUT2D eigenvalue weighted by Gasteiger charge is 2.14. The maximum absolute atomic E-state index is 12.0. The zero-order chi connectivity index (χ0) is 17.5. The fourth-order valence-corrected chi connectivity index (χ4v) is 2.16. The summed E-state index contributed by atoms with van der Waals surface area (Å²) in [4.78, 5) is 22.8. The van der Waals surface area contributed by atoms with Gasteiger partial charge in [0.1, 0.15) is 5.75 Å². The Bertz CT molecular complexity index is 692. The van der Waals surface area contributed by atoms with Crippen molar-refractivity contribution in [3.05, 3.63) is 65.2 Å². The third-order valence-electron chi connectivity index (χ3n) is 3.62. The molecule has 0 aliphatic carbocycles. The Balaban J connectivity index is 1.77. The van der Waals surface area contributed by atoms with Gasteiger partial charge in [0, 0.05) is 6.54 Å². The summed E-state index contributed by atoms with van der Waals surface area (Å²) in [5.74, 6) is -0.470. The second-order valence-electron chi connectivity index (χ2n) is 5.62. The number of aromatic carboxylic acids is 1. The highest BCUT2D eigenvalue weighted by Crippen LogP contribution is 2.13. The van der Waals surface area contributed by atoms with E-state index in [4.69, 9.17) is 9.84 Å². The van der Waals surface area contributed by atoms with Crippen LogP contribution in [0.5, 0.6) is 5.75 Å². The molecule has 1 amide bonds. The lowest BCUT2D eigenvalue weighted by Crippen LogP contribution is -2.37. The number of amides is 1. The zero-order valence-corrected chi connectivity index (χ0v) is 13.8. The van der Waals surface area contributed by atoms with Gasteiger partial charge >= 0.3 is 5.97 Å². The van der Waals surface area contributed by atoms with Crippen LogP contribution in [0.3, 0.4) is 0 Å². The number of carboxylic acid groups (broad SMARTS) is 1. The van der Waals surface area contributed by atoms with Crippen molar-refractivity contribution >= 4 is 11.9 Å². The average molecular weight is 327 g/mol. The maximum Gasteiger partial charge on any atom is 0.335 e. The molecule has 0 aromatic heterocycles. The molecule has 1 unspecified atom stereocenters. The lowest BCUT2D eigenvalue weighted by molar-refractivity contribution is -0.127. The molecule has 0 saturated carbocycles. The van der Waals surface area contributed by atoms with Crippen LogP contribution in [0.4, 0.5) is 0 Å². The van der Waals surface area contributed by atoms with Crippen LogP contribution in [0.1, 0.15) is 28.4 Å². The zero-order valence-electron chi connectivity index (χ0n) is 13.8. The van der Waals surface area contributed by atoms with Crippen LogP contribution < -0.4 is 10.1 Å². The van der Waals surface area contributed by atoms with Gasteiger partial charge in [-0.2, -0.15) is 0 Å². The van der Waals surface area contributed by atoms with E-state index in [9.17, 15) is 9.59 Å². The molecule has 5 heteroatoms. The van der Waals surface area contributed by atoms with Crippen molar-refractivity contribution in [3.63, 3.8) is 0 Å². The van der Waals surface area contributed by atoms with Gasteiger partial charge in [-0.25, -0.2) is 4.79 Å². The third kappa shape index (κ3) is 5.12. The molecule has 126 valence electrons. The average Bonchev–Trinajstić information content (AvgIpc) is 2.57. The molecule has 2 N–H and O–H groups in total. The molecule has 0 bridgehead atoms. The first-order chi connectivity index (χ1) is 11.5. The van der Waals surface area contributed by atoms with Gasteiger partial charge in [0.25, 0.3) is 5.91 Å². The summed E-state index contributed by atoms with van der Waals surface area (Å²) in [5, 5.41) is 11.7. The normalized spacial score (nSPS) is 11.6. The monoisotopic (exact) mass is 327 g/mol. The van der Waals surface area contributed by atoms with E-state index < -0.39 is 12.1 Å². The van der Waals surface area contributed by atoms with Crippen molar-refractivity contribution in [3.8, 4) is 5.75 Å². The Morgan fingerprint density at radius 2 is 1.71 bits per heavy atom. The fraction of sp³-hybridized carbons (Fsp3) is 0.263. The molecule has 0 heterocycles. The first-order valence-electron chi connectivity index (χ1n) is 7.79. The molecular formula is C19H21NO4. The summed E-state index contributed by atoms with van der Waals surface area (Å²) in [6.07, 6.45) is 0.0465. The van der Waals surface area contributed by atoms with Crippen molar-refractivity contribution in [2.75, 3.05) is 6.54 Å². The van der Waals surface area contributed by atoms with E-state index in [0.29, 0.717) is 18.7 Å². The molecule has 2 aromatic rings. The van der Waals surface area contributed by atoms with Gasteiger partial charge in [0.2, 0.25) is 0 Å². The molecule has 0 radical (unpaired) electrons. The van der Waals surface area contributed by atoms with Crippen LogP contribution in [0.2, 0.25) is 0 Å². The summed E-state index contributed by atoms with van der Waals surface area (Å²) >= 11 is 0. The standard InChI is InChI=1S/C19H21NO4/c1-13-3-9-17(10-4-13)24-14(2)18(21)20-12-11-15-5-7-16(8-6-15)19(22)23/h3-10,14H,11-12H2,1-2H3,(H,20,21)(H,22,23). The number of carbonyl (C=O) groups excluding carboxylic acids is 1. The summed E-state index contributed by atoms with van der Waals surface area (Å²) in [5.41, 5.74) is 2.35. The molecule has 2 rings (SSSR count). The van der Waals surface area contributed by atoms with Gasteiger partial charge in [0.05, 0.1) is 5.56 Å². The van der Waals surface area contributed by atoms with E-state index in [1.807, 2.05) is 31.2 Å². The van der Waals surface area contributed by atoms with E-state index >= 15 is 0 Å². The Hall–Kier alpha value is -2.82. The summed E-state index contributed by atoms with van der Waals surface area (Å²) in [6, 6.07) is 14.2. The fourth-order valence-electron chi connectivity index (χ4n) is 2.16. The number of nitrogens with one attached hydrogen (secondary N) is 1. The van der Waals surface area contributed by atoms with E-state index in [2.05, 4.69) is 5.32 Å². The number of ether oxygens (including phenoxy) is 1. The van der Waals surface area contributed by atoms with Crippen molar-refractivity contribution in [1.29, 1.82) is 0 Å². The van der Waals surface area contributed by atoms with Gasteiger partial charge in [-0.05, 0) is 50.1 Å². The smallest absolute Gasteiger partial charge is 0.335 e. The SMILES string of the molecule is Cc1ccc(OC(C)C(=O)NCCc2ccc(C(=O)O)cc2)cc1. The molecule has 0 aliphatic heterocycles. The number of carboxylic acids is 1. The van der Waals surface area contributed by atoms with Gasteiger partial charge < -0.3 is 15.2 Å². The van der Waals surface area contributed by atoms with E-state index in [1.54, 1.807) is 31.2 Å². The van der Waals surface area contributed by atoms with Crippen LogP contribution >= 0.6 is 0 Å². The van der Waals surface area contributed by atoms with Crippen LogP contribution in [-0.2, 0) is 11.2 Å². The molecule has 0 aliphatic rings. The van der Waals surface area contributed by atoms with E-state index in [0.717, 1.165) is 11.1 Å². The lowest BCUT2D eigenvalue weighted by Gasteiger charge is -2.15. The number of benzene rings is 2. The number of hydrogen-bond acceptors (Lipinski definition) is 3. The molecular weight excluding hydrogens is 306 g/mol. The van der Waals surface area contributed by atoms with Crippen molar-refractivity contribution in [2.45, 2.75) is 26.4 Å². The second-order valence-corrected chi connectivity index (χ2v) is 5.62. The van der Waals surface area contributed by atoms with Crippen molar-refractivity contribution in [2.24, 2.45) is 0 Å². The first-order valence-corrected chi connectivity index (χ1v) is 7.79. The Morgan fingerprint density at radius 1 is 1.08 bits per heavy atom. The predicted molar refractivity (Wildman–Crippen MR) is 91.4 cm³/mol. The highest BCUT2D eigenvalue weighted by atomic mass is 16.5. The molecule has 5 nitrogen and oxygen atoms in total. The van der Waals surface area contributed by atoms with Gasteiger partial charge in [-0.1, -0.05) is 29.8 Å². The minimum Gasteiger partial charge on any atom is -0.481 e. The Morgan fingerprint density at radius 3 is 2.29 bits per heavy atom. The minimum absolute atomic E-state index is 0.183. The molecule has 1 atom stereocenters. The number of aryl methyl sites for hydroxylation is 1. The molecule has 0 spiro atoms. The quantitative estimate of drug-likeness (QED) is 0.820. The van der Waals surface area contributed by atoms with Crippen molar-refractivity contribution < 1.29 is 19.4 Å². The number of hydrogen-bond donors (Lipinski definition) is 2. The van der Waals surface area contributed by atoms with E-state index in [1.165, 1.54) is 0 Å². The first kappa shape index (κ1) is 17.5. The number of carbonyl (C=O) groups is 2. The summed E-state index contributed by atoms with van der Waals surface area (Å²) in [6.45, 7) is 4.16. The van der Waals surface area contributed by atoms with Crippen LogP contribution in [-0.4, -0.2) is 29.6 Å². The van der Waals surface area contributed by atoms with Crippen LogP contribution in [0.15, 0.2) is 48.5 Å². The van der Waals surface area contributed by atoms with Crippen LogP contribution in [0.25, 0.3) is 0 Å². The molecule has 0 saturated heterocycles. The summed E-state index contributed by atoms with van der Waals surface area (Å²) in [7, 11) is 0. The van der Waals surface area contributed by atoms with Gasteiger partial charge in [-0.15, -0.1) is 0 Å². The Kier molecular flexibility index (Phi) is 5.95. The second kappa shape index (κ2) is 8.15. The predicted octanol–water partition coefficient (Wildman–Crippen LogP) is 2.82. The molecule has 24 heavy (non-hydrogen) atoms. The lowest BCUT2D eigenvalue weighted by atomic mass is 10.1. The molecule has 2 aromatic carbocycles. The highest BCUT2D eigenvalue weighted by molar-refractivity contribution is 5.87. The Labute approximate surface area is 141 Å². The summed E-state index contributed by atoms with van der Waals surface area (Å²) < 4.78 is 5.60. The van der Waals surface area contributed by atoms with Gasteiger partial charge in [-0.3, -0.25) is 4.79 Å². The topological polar surface area (TPSA) is 75.6 Å². The number of rotatable bonds is 7. The van der Waals surface area contributed by atoms with E-state index in [-0.39, 0.29) is 11.5 Å². The third-order valence-corrected chi connectivity index (χ3v) is 3.62. The van der Waals surface area contributed by atoms with Crippen molar-refractivity contribution in [1.82, 2.24) is 5.32 Å².